The van der Waals surface area contributed by atoms with Gasteiger partial charge >= 0.3 is 5.97 Å². The van der Waals surface area contributed by atoms with E-state index < -0.39 is 15.8 Å². The maximum Gasteiger partial charge on any atom is 0.337 e. The van der Waals surface area contributed by atoms with Gasteiger partial charge in [0.15, 0.2) is 9.84 Å². The third-order valence-corrected chi connectivity index (χ3v) is 4.73. The van der Waals surface area contributed by atoms with Gasteiger partial charge in [-0.2, -0.15) is 0 Å². The molecule has 0 N–H and O–H groups in total. The Hall–Kier alpha value is -1.36. The molecule has 0 bridgehead atoms. The number of hydrogen-bond donors (Lipinski definition) is 0. The van der Waals surface area contributed by atoms with E-state index in [9.17, 15) is 13.2 Å². The topological polar surface area (TPSA) is 60.4 Å². The van der Waals surface area contributed by atoms with Crippen LogP contribution in [0.1, 0.15) is 28.8 Å². The number of hydrogen-bond acceptors (Lipinski definition) is 4. The number of benzene rings is 1. The van der Waals surface area contributed by atoms with Crippen LogP contribution in [0.25, 0.3) is 0 Å². The number of rotatable bonds is 1. The molecule has 1 unspecified atom stereocenters. The lowest BCUT2D eigenvalue weighted by molar-refractivity contribution is 0.0600. The van der Waals surface area contributed by atoms with E-state index in [1.54, 1.807) is 12.1 Å². The van der Waals surface area contributed by atoms with E-state index in [4.69, 9.17) is 0 Å². The van der Waals surface area contributed by atoms with Crippen molar-refractivity contribution in [3.05, 3.63) is 29.3 Å². The third-order valence-electron chi connectivity index (χ3n) is 2.77. The monoisotopic (exact) mass is 240 g/mol. The Bertz CT molecular complexity index is 545. The van der Waals surface area contributed by atoms with Gasteiger partial charge in [-0.05, 0) is 23.6 Å². The molecular formula is C11H12O4S. The van der Waals surface area contributed by atoms with Crippen molar-refractivity contribution in [2.75, 3.05) is 12.9 Å². The maximum absolute atomic E-state index is 11.8. The van der Waals surface area contributed by atoms with Gasteiger partial charge in [0.1, 0.15) is 0 Å². The third kappa shape index (κ3) is 1.61. The molecule has 0 saturated carbocycles. The molecule has 1 atom stereocenters. The molecule has 0 aromatic heterocycles. The van der Waals surface area contributed by atoms with Gasteiger partial charge in [-0.25, -0.2) is 13.2 Å². The molecule has 1 aromatic carbocycles. The van der Waals surface area contributed by atoms with Crippen molar-refractivity contribution < 1.29 is 17.9 Å². The lowest BCUT2D eigenvalue weighted by Gasteiger charge is -2.04. The van der Waals surface area contributed by atoms with Crippen LogP contribution in [0.5, 0.6) is 0 Å². The Morgan fingerprint density at radius 2 is 2.12 bits per heavy atom. The summed E-state index contributed by atoms with van der Waals surface area (Å²) in [5.41, 5.74) is 1.06. The molecule has 86 valence electrons. The predicted molar refractivity (Wildman–Crippen MR) is 58.2 cm³/mol. The van der Waals surface area contributed by atoms with Crippen LogP contribution in [-0.2, 0) is 14.6 Å². The fraction of sp³-hybridized carbons (Fsp3) is 0.364. The van der Waals surface area contributed by atoms with Gasteiger partial charge in [0.2, 0.25) is 0 Å². The molecule has 5 heteroatoms. The summed E-state index contributed by atoms with van der Waals surface area (Å²) in [6.45, 7) is 1.86. The SMILES string of the molecule is COC(=O)c1ccc2c(c1)S(=O)(=O)CC2C. The Kier molecular flexibility index (Phi) is 2.50. The lowest BCUT2D eigenvalue weighted by Crippen LogP contribution is -2.04. The van der Waals surface area contributed by atoms with Gasteiger partial charge in [0.25, 0.3) is 0 Å². The lowest BCUT2D eigenvalue weighted by atomic mass is 10.0. The van der Waals surface area contributed by atoms with Gasteiger partial charge in [0.05, 0.1) is 23.3 Å². The van der Waals surface area contributed by atoms with Gasteiger partial charge < -0.3 is 4.74 Å². The average Bonchev–Trinajstić information content (AvgIpc) is 2.48. The molecule has 0 amide bonds. The average molecular weight is 240 g/mol. The van der Waals surface area contributed by atoms with Crippen molar-refractivity contribution in [3.63, 3.8) is 0 Å². The highest BCUT2D eigenvalue weighted by atomic mass is 32.2. The second-order valence-corrected chi connectivity index (χ2v) is 5.93. The normalized spacial score (nSPS) is 21.5. The molecule has 1 aromatic rings. The molecule has 2 rings (SSSR count). The summed E-state index contributed by atoms with van der Waals surface area (Å²) in [7, 11) is -1.96. The van der Waals surface area contributed by atoms with E-state index in [0.29, 0.717) is 0 Å². The number of carbonyl (C=O) groups is 1. The van der Waals surface area contributed by atoms with Gasteiger partial charge in [-0.3, -0.25) is 0 Å². The summed E-state index contributed by atoms with van der Waals surface area (Å²) in [4.78, 5) is 11.6. The summed E-state index contributed by atoms with van der Waals surface area (Å²) >= 11 is 0. The van der Waals surface area contributed by atoms with Crippen molar-refractivity contribution in [1.82, 2.24) is 0 Å². The predicted octanol–water partition coefficient (Wildman–Crippen LogP) is 1.36. The van der Waals surface area contributed by atoms with E-state index in [0.717, 1.165) is 5.56 Å². The number of fused-ring (bicyclic) bond motifs is 1. The molecule has 4 nitrogen and oxygen atoms in total. The fourth-order valence-electron chi connectivity index (χ4n) is 1.96. The fourth-order valence-corrected chi connectivity index (χ4v) is 3.92. The van der Waals surface area contributed by atoms with E-state index in [-0.39, 0.29) is 22.1 Å². The smallest absolute Gasteiger partial charge is 0.337 e. The van der Waals surface area contributed by atoms with Gasteiger partial charge in [0, 0.05) is 0 Å². The summed E-state index contributed by atoms with van der Waals surface area (Å²) in [5, 5.41) is 0. The summed E-state index contributed by atoms with van der Waals surface area (Å²) < 4.78 is 28.1. The van der Waals surface area contributed by atoms with Crippen LogP contribution in [-0.4, -0.2) is 27.2 Å². The van der Waals surface area contributed by atoms with Crippen molar-refractivity contribution in [3.8, 4) is 0 Å². The Morgan fingerprint density at radius 1 is 1.44 bits per heavy atom. The summed E-state index contributed by atoms with van der Waals surface area (Å²) in [5.74, 6) is -0.406. The van der Waals surface area contributed by atoms with Crippen molar-refractivity contribution in [1.29, 1.82) is 0 Å². The molecule has 1 heterocycles. The number of sulfone groups is 1. The largest absolute Gasteiger partial charge is 0.465 e. The molecule has 0 spiro atoms. The van der Waals surface area contributed by atoms with Crippen LogP contribution in [0.3, 0.4) is 0 Å². The van der Waals surface area contributed by atoms with Crippen LogP contribution < -0.4 is 0 Å². The van der Waals surface area contributed by atoms with Crippen LogP contribution in [0.4, 0.5) is 0 Å². The minimum atomic E-state index is -3.23. The Morgan fingerprint density at radius 3 is 2.75 bits per heavy atom. The van der Waals surface area contributed by atoms with Crippen molar-refractivity contribution in [2.45, 2.75) is 17.7 Å². The number of carbonyl (C=O) groups excluding carboxylic acids is 1. The molecule has 1 aliphatic heterocycles. The first kappa shape index (κ1) is 11.1. The Labute approximate surface area is 94.2 Å². The highest BCUT2D eigenvalue weighted by molar-refractivity contribution is 7.91. The van der Waals surface area contributed by atoms with E-state index in [1.165, 1.54) is 13.2 Å². The zero-order chi connectivity index (χ0) is 11.9. The number of ether oxygens (including phenoxy) is 1. The first-order valence-electron chi connectivity index (χ1n) is 4.90. The van der Waals surface area contributed by atoms with Crippen LogP contribution in [0.15, 0.2) is 23.1 Å². The quantitative estimate of drug-likeness (QED) is 0.695. The van der Waals surface area contributed by atoms with Gasteiger partial charge in [-0.15, -0.1) is 0 Å². The molecule has 1 aliphatic rings. The molecule has 0 fully saturated rings. The highest BCUT2D eigenvalue weighted by Crippen LogP contribution is 2.35. The maximum atomic E-state index is 11.8. The molecule has 0 saturated heterocycles. The van der Waals surface area contributed by atoms with Crippen LogP contribution in [0, 0.1) is 0 Å². The van der Waals surface area contributed by atoms with E-state index >= 15 is 0 Å². The first-order valence-corrected chi connectivity index (χ1v) is 6.56. The standard InChI is InChI=1S/C11H12O4S/c1-7-6-16(13,14)10-5-8(11(12)15-2)3-4-9(7)10/h3-5,7H,6H2,1-2H3. The minimum Gasteiger partial charge on any atom is -0.465 e. The van der Waals surface area contributed by atoms with E-state index in [2.05, 4.69) is 4.74 Å². The Balaban J connectivity index is 2.59. The highest BCUT2D eigenvalue weighted by Gasteiger charge is 2.32. The number of methoxy groups -OCH3 is 1. The summed E-state index contributed by atoms with van der Waals surface area (Å²) in [6.07, 6.45) is 0. The zero-order valence-corrected chi connectivity index (χ0v) is 9.87. The first-order chi connectivity index (χ1) is 7.45. The molecule has 0 radical (unpaired) electrons. The van der Waals surface area contributed by atoms with Crippen LogP contribution >= 0.6 is 0 Å². The second kappa shape index (κ2) is 3.59. The number of esters is 1. The summed E-state index contributed by atoms with van der Waals surface area (Å²) in [6, 6.07) is 4.69. The minimum absolute atomic E-state index is 0.00769. The second-order valence-electron chi connectivity index (χ2n) is 3.93. The molecule has 0 aliphatic carbocycles. The van der Waals surface area contributed by atoms with Gasteiger partial charge in [-0.1, -0.05) is 13.0 Å². The van der Waals surface area contributed by atoms with Crippen molar-refractivity contribution >= 4 is 15.8 Å². The van der Waals surface area contributed by atoms with Crippen molar-refractivity contribution in [2.24, 2.45) is 0 Å². The molecular weight excluding hydrogens is 228 g/mol. The zero-order valence-electron chi connectivity index (χ0n) is 9.06. The van der Waals surface area contributed by atoms with Crippen LogP contribution in [0.2, 0.25) is 0 Å². The molecule has 16 heavy (non-hydrogen) atoms. The van der Waals surface area contributed by atoms with E-state index in [1.807, 2.05) is 6.92 Å².